The maximum atomic E-state index is 11.6. The molecule has 0 N–H and O–H groups in total. The van der Waals surface area contributed by atoms with E-state index in [1.165, 1.54) is 12.8 Å². The molecule has 2 heteroatoms. The third kappa shape index (κ3) is 1.40. The van der Waals surface area contributed by atoms with E-state index in [1.807, 2.05) is 6.92 Å². The monoisotopic (exact) mass is 168 g/mol. The van der Waals surface area contributed by atoms with Crippen molar-refractivity contribution in [3.63, 3.8) is 0 Å². The first-order valence-electron chi connectivity index (χ1n) is 4.95. The number of hydrogen-bond acceptors (Lipinski definition) is 2. The van der Waals surface area contributed by atoms with E-state index in [2.05, 4.69) is 0 Å². The Morgan fingerprint density at radius 2 is 2.08 bits per heavy atom. The fraction of sp³-hybridized carbons (Fsp3) is 0.900. The molecule has 2 nitrogen and oxygen atoms in total. The number of Topliss-reactive ketones (excluding diaryl/α,β-unsaturated/α-hetero) is 1. The second-order valence-corrected chi connectivity index (χ2v) is 4.05. The molecule has 0 aromatic rings. The standard InChI is InChI=1S/C10H16O2/c1-7-6-9(11)8-4-2-3-5-10(8)12-7/h7-8,10H,2-6H2,1H3. The summed E-state index contributed by atoms with van der Waals surface area (Å²) in [5, 5.41) is 0. The largest absolute Gasteiger partial charge is 0.374 e. The van der Waals surface area contributed by atoms with Crippen LogP contribution in [0.15, 0.2) is 0 Å². The first-order chi connectivity index (χ1) is 5.77. The Labute approximate surface area is 73.3 Å². The molecule has 1 aliphatic carbocycles. The molecule has 3 unspecified atom stereocenters. The van der Waals surface area contributed by atoms with Gasteiger partial charge in [0.2, 0.25) is 0 Å². The van der Waals surface area contributed by atoms with E-state index in [1.54, 1.807) is 0 Å². The zero-order chi connectivity index (χ0) is 8.55. The molecule has 0 bridgehead atoms. The zero-order valence-corrected chi connectivity index (χ0v) is 7.58. The van der Waals surface area contributed by atoms with Gasteiger partial charge in [-0.3, -0.25) is 4.79 Å². The molecule has 1 saturated carbocycles. The van der Waals surface area contributed by atoms with Crippen LogP contribution in [0.4, 0.5) is 0 Å². The average molecular weight is 168 g/mol. The van der Waals surface area contributed by atoms with Gasteiger partial charge in [-0.15, -0.1) is 0 Å². The molecule has 0 spiro atoms. The molecule has 2 fully saturated rings. The van der Waals surface area contributed by atoms with Gasteiger partial charge in [-0.1, -0.05) is 12.8 Å². The minimum absolute atomic E-state index is 0.164. The molecule has 1 heterocycles. The van der Waals surface area contributed by atoms with Crippen molar-refractivity contribution < 1.29 is 9.53 Å². The zero-order valence-electron chi connectivity index (χ0n) is 7.58. The van der Waals surface area contributed by atoms with E-state index < -0.39 is 0 Å². The molecule has 0 radical (unpaired) electrons. The van der Waals surface area contributed by atoms with Crippen LogP contribution in [0, 0.1) is 5.92 Å². The van der Waals surface area contributed by atoms with Crippen LogP contribution in [0.25, 0.3) is 0 Å². The number of carbonyl (C=O) groups is 1. The summed E-state index contributed by atoms with van der Waals surface area (Å²) in [6.07, 6.45) is 5.68. The Balaban J connectivity index is 2.06. The summed E-state index contributed by atoms with van der Waals surface area (Å²) in [4.78, 5) is 11.6. The van der Waals surface area contributed by atoms with Gasteiger partial charge in [0.15, 0.2) is 0 Å². The molecule has 0 aromatic carbocycles. The molecule has 68 valence electrons. The quantitative estimate of drug-likeness (QED) is 0.552. The number of ether oxygens (including phenoxy) is 1. The fourth-order valence-corrected chi connectivity index (χ4v) is 2.41. The summed E-state index contributed by atoms with van der Waals surface area (Å²) in [5.41, 5.74) is 0. The molecule has 0 amide bonds. The van der Waals surface area contributed by atoms with Crippen molar-refractivity contribution >= 4 is 5.78 Å². The summed E-state index contributed by atoms with van der Waals surface area (Å²) in [7, 11) is 0. The third-order valence-electron chi connectivity index (χ3n) is 3.01. The topological polar surface area (TPSA) is 26.3 Å². The summed E-state index contributed by atoms with van der Waals surface area (Å²) >= 11 is 0. The van der Waals surface area contributed by atoms with Crippen molar-refractivity contribution in [3.8, 4) is 0 Å². The smallest absolute Gasteiger partial charge is 0.141 e. The van der Waals surface area contributed by atoms with Crippen LogP contribution in [0.1, 0.15) is 39.0 Å². The van der Waals surface area contributed by atoms with E-state index in [0.717, 1.165) is 12.8 Å². The van der Waals surface area contributed by atoms with Crippen molar-refractivity contribution in [2.45, 2.75) is 51.2 Å². The number of fused-ring (bicyclic) bond motifs is 1. The maximum Gasteiger partial charge on any atom is 0.141 e. The van der Waals surface area contributed by atoms with Crippen LogP contribution in [0.5, 0.6) is 0 Å². The highest BCUT2D eigenvalue weighted by molar-refractivity contribution is 5.82. The Morgan fingerprint density at radius 3 is 2.92 bits per heavy atom. The lowest BCUT2D eigenvalue weighted by Gasteiger charge is -2.37. The van der Waals surface area contributed by atoms with Gasteiger partial charge < -0.3 is 4.74 Å². The van der Waals surface area contributed by atoms with Crippen LogP contribution in [-0.2, 0) is 9.53 Å². The highest BCUT2D eigenvalue weighted by atomic mass is 16.5. The first kappa shape index (κ1) is 8.24. The van der Waals surface area contributed by atoms with Crippen LogP contribution >= 0.6 is 0 Å². The number of ketones is 1. The Hall–Kier alpha value is -0.370. The van der Waals surface area contributed by atoms with Gasteiger partial charge in [0.1, 0.15) is 5.78 Å². The molecule has 1 aliphatic heterocycles. The predicted molar refractivity (Wildman–Crippen MR) is 45.9 cm³/mol. The molecule has 3 atom stereocenters. The minimum atomic E-state index is 0.164. The molecular formula is C10H16O2. The van der Waals surface area contributed by atoms with E-state index in [0.29, 0.717) is 12.2 Å². The minimum Gasteiger partial charge on any atom is -0.374 e. The van der Waals surface area contributed by atoms with Crippen LogP contribution in [-0.4, -0.2) is 18.0 Å². The summed E-state index contributed by atoms with van der Waals surface area (Å²) in [6.45, 7) is 2.00. The number of hydrogen-bond donors (Lipinski definition) is 0. The molecule has 2 rings (SSSR count). The Bertz CT molecular complexity index is 188. The van der Waals surface area contributed by atoms with Gasteiger partial charge >= 0.3 is 0 Å². The van der Waals surface area contributed by atoms with E-state index >= 15 is 0 Å². The van der Waals surface area contributed by atoms with Crippen molar-refractivity contribution in [2.75, 3.05) is 0 Å². The summed E-state index contributed by atoms with van der Waals surface area (Å²) < 4.78 is 5.74. The highest BCUT2D eigenvalue weighted by Gasteiger charge is 2.36. The normalized spacial score (nSPS) is 42.4. The third-order valence-corrected chi connectivity index (χ3v) is 3.01. The lowest BCUT2D eigenvalue weighted by molar-refractivity contribution is -0.148. The lowest BCUT2D eigenvalue weighted by atomic mass is 9.80. The number of rotatable bonds is 0. The lowest BCUT2D eigenvalue weighted by Crippen LogP contribution is -2.42. The second kappa shape index (κ2) is 3.17. The average Bonchev–Trinajstić information content (AvgIpc) is 2.04. The van der Waals surface area contributed by atoms with Gasteiger partial charge in [-0.2, -0.15) is 0 Å². The van der Waals surface area contributed by atoms with Crippen LogP contribution in [0.2, 0.25) is 0 Å². The van der Waals surface area contributed by atoms with Gasteiger partial charge in [-0.25, -0.2) is 0 Å². The molecule has 0 aromatic heterocycles. The fourth-order valence-electron chi connectivity index (χ4n) is 2.41. The van der Waals surface area contributed by atoms with Gasteiger partial charge in [0.05, 0.1) is 12.2 Å². The molecular weight excluding hydrogens is 152 g/mol. The van der Waals surface area contributed by atoms with Crippen molar-refractivity contribution in [2.24, 2.45) is 5.92 Å². The van der Waals surface area contributed by atoms with Crippen molar-refractivity contribution in [3.05, 3.63) is 0 Å². The highest BCUT2D eigenvalue weighted by Crippen LogP contribution is 2.33. The van der Waals surface area contributed by atoms with E-state index in [4.69, 9.17) is 4.74 Å². The summed E-state index contributed by atoms with van der Waals surface area (Å²) in [6, 6.07) is 0. The molecule has 2 aliphatic rings. The van der Waals surface area contributed by atoms with E-state index in [9.17, 15) is 4.79 Å². The molecule has 12 heavy (non-hydrogen) atoms. The van der Waals surface area contributed by atoms with E-state index in [-0.39, 0.29) is 18.1 Å². The van der Waals surface area contributed by atoms with Crippen LogP contribution in [0.3, 0.4) is 0 Å². The van der Waals surface area contributed by atoms with Crippen molar-refractivity contribution in [1.29, 1.82) is 0 Å². The SMILES string of the molecule is CC1CC(=O)C2CCCCC2O1. The molecule has 1 saturated heterocycles. The predicted octanol–water partition coefficient (Wildman–Crippen LogP) is 1.92. The van der Waals surface area contributed by atoms with Crippen molar-refractivity contribution in [1.82, 2.24) is 0 Å². The Morgan fingerprint density at radius 1 is 1.33 bits per heavy atom. The number of carbonyl (C=O) groups excluding carboxylic acids is 1. The van der Waals surface area contributed by atoms with Gasteiger partial charge in [0.25, 0.3) is 0 Å². The van der Waals surface area contributed by atoms with Gasteiger partial charge in [-0.05, 0) is 19.8 Å². The maximum absolute atomic E-state index is 11.6. The second-order valence-electron chi connectivity index (χ2n) is 4.05. The summed E-state index contributed by atoms with van der Waals surface area (Å²) in [5.74, 6) is 0.688. The van der Waals surface area contributed by atoms with Crippen LogP contribution < -0.4 is 0 Å². The first-order valence-corrected chi connectivity index (χ1v) is 4.95. The van der Waals surface area contributed by atoms with Gasteiger partial charge in [0, 0.05) is 12.3 Å². The Kier molecular flexibility index (Phi) is 2.18.